The zero-order valence-corrected chi connectivity index (χ0v) is 9.22. The summed E-state index contributed by atoms with van der Waals surface area (Å²) in [6.45, 7) is 8.17. The van der Waals surface area contributed by atoms with Crippen molar-refractivity contribution in [3.63, 3.8) is 0 Å². The van der Waals surface area contributed by atoms with Gasteiger partial charge in [0.2, 0.25) is 5.91 Å². The molecule has 1 aliphatic rings. The molecule has 0 aromatic carbocycles. The van der Waals surface area contributed by atoms with Crippen LogP contribution in [0.3, 0.4) is 0 Å². The van der Waals surface area contributed by atoms with Crippen molar-refractivity contribution in [1.82, 2.24) is 10.6 Å². The Hall–Kier alpha value is -0.610. The molecule has 0 saturated carbocycles. The Kier molecular flexibility index (Phi) is 3.89. The van der Waals surface area contributed by atoms with Crippen LogP contribution in [0.25, 0.3) is 0 Å². The first-order valence-electron chi connectivity index (χ1n) is 5.09. The molecule has 0 aromatic rings. The minimum atomic E-state index is -0.146. The Morgan fingerprint density at radius 3 is 2.79 bits per heavy atom. The van der Waals surface area contributed by atoms with Gasteiger partial charge in [0, 0.05) is 24.5 Å². The molecule has 4 heteroatoms. The van der Waals surface area contributed by atoms with Crippen LogP contribution < -0.4 is 10.6 Å². The minimum absolute atomic E-state index is 0.0838. The summed E-state index contributed by atoms with van der Waals surface area (Å²) in [4.78, 5) is 11.5. The predicted octanol–water partition coefficient (Wildman–Crippen LogP) is 0.280. The smallest absolute Gasteiger partial charge is 0.222 e. The lowest BCUT2D eigenvalue weighted by Crippen LogP contribution is -2.47. The lowest BCUT2D eigenvalue weighted by molar-refractivity contribution is -0.123. The Labute approximate surface area is 85.4 Å². The lowest BCUT2D eigenvalue weighted by atomic mass is 10.1. The van der Waals surface area contributed by atoms with Crippen LogP contribution in [0.4, 0.5) is 0 Å². The Morgan fingerprint density at radius 1 is 1.57 bits per heavy atom. The van der Waals surface area contributed by atoms with Gasteiger partial charge in [0.25, 0.3) is 0 Å². The minimum Gasteiger partial charge on any atom is -0.378 e. The highest BCUT2D eigenvalue weighted by Gasteiger charge is 2.19. The summed E-state index contributed by atoms with van der Waals surface area (Å²) in [6.07, 6.45) is 0.497. The molecule has 2 N–H and O–H groups in total. The first-order chi connectivity index (χ1) is 6.47. The average molecular weight is 200 g/mol. The Bertz CT molecular complexity index is 193. The Morgan fingerprint density at radius 2 is 2.29 bits per heavy atom. The van der Waals surface area contributed by atoms with Gasteiger partial charge in [-0.15, -0.1) is 0 Å². The molecule has 1 unspecified atom stereocenters. The molecule has 1 fully saturated rings. The fraction of sp³-hybridized carbons (Fsp3) is 0.900. The molecular weight excluding hydrogens is 180 g/mol. The zero-order chi connectivity index (χ0) is 10.6. The number of rotatable bonds is 2. The predicted molar refractivity (Wildman–Crippen MR) is 55.1 cm³/mol. The van der Waals surface area contributed by atoms with Crippen LogP contribution in [0.15, 0.2) is 0 Å². The van der Waals surface area contributed by atoms with Gasteiger partial charge >= 0.3 is 0 Å². The topological polar surface area (TPSA) is 50.4 Å². The second-order valence-corrected chi connectivity index (χ2v) is 4.73. The molecule has 0 spiro atoms. The molecule has 82 valence electrons. The third kappa shape index (κ3) is 4.58. The summed E-state index contributed by atoms with van der Waals surface area (Å²) in [5.74, 6) is 0.0838. The van der Waals surface area contributed by atoms with Crippen LogP contribution in [-0.4, -0.2) is 37.2 Å². The summed E-state index contributed by atoms with van der Waals surface area (Å²) in [7, 11) is 0. The monoisotopic (exact) mass is 200 g/mol. The SMILES string of the molecule is CC(C)(C)NC(=O)CC1COCCN1. The van der Waals surface area contributed by atoms with Gasteiger partial charge < -0.3 is 15.4 Å². The molecule has 1 heterocycles. The molecule has 1 saturated heterocycles. The van der Waals surface area contributed by atoms with E-state index < -0.39 is 0 Å². The lowest BCUT2D eigenvalue weighted by Gasteiger charge is -2.26. The molecule has 1 atom stereocenters. The van der Waals surface area contributed by atoms with Gasteiger partial charge in [0.1, 0.15) is 0 Å². The van der Waals surface area contributed by atoms with E-state index >= 15 is 0 Å². The van der Waals surface area contributed by atoms with E-state index in [9.17, 15) is 4.79 Å². The number of amides is 1. The quantitative estimate of drug-likeness (QED) is 0.673. The second kappa shape index (κ2) is 4.75. The molecule has 4 nitrogen and oxygen atoms in total. The molecule has 0 aliphatic carbocycles. The number of carbonyl (C=O) groups excluding carboxylic acids is 1. The molecular formula is C10H20N2O2. The average Bonchev–Trinajstić information content (AvgIpc) is 2.02. The number of carbonyl (C=O) groups is 1. The third-order valence-corrected chi connectivity index (χ3v) is 1.94. The molecule has 0 bridgehead atoms. The summed E-state index contributed by atoms with van der Waals surface area (Å²) < 4.78 is 5.27. The van der Waals surface area contributed by atoms with Crippen molar-refractivity contribution in [2.24, 2.45) is 0 Å². The first kappa shape index (κ1) is 11.5. The van der Waals surface area contributed by atoms with Gasteiger partial charge in [-0.05, 0) is 20.8 Å². The van der Waals surface area contributed by atoms with Crippen molar-refractivity contribution in [3.05, 3.63) is 0 Å². The number of morpholine rings is 1. The van der Waals surface area contributed by atoms with Crippen molar-refractivity contribution >= 4 is 5.91 Å². The van der Waals surface area contributed by atoms with Gasteiger partial charge in [-0.3, -0.25) is 4.79 Å². The van der Waals surface area contributed by atoms with E-state index in [0.717, 1.165) is 13.2 Å². The van der Waals surface area contributed by atoms with Crippen LogP contribution in [-0.2, 0) is 9.53 Å². The van der Waals surface area contributed by atoms with E-state index in [1.165, 1.54) is 0 Å². The molecule has 1 rings (SSSR count). The summed E-state index contributed by atoms with van der Waals surface area (Å²) in [6, 6.07) is 0.172. The first-order valence-corrected chi connectivity index (χ1v) is 5.09. The number of nitrogens with one attached hydrogen (secondary N) is 2. The van der Waals surface area contributed by atoms with E-state index in [1.807, 2.05) is 20.8 Å². The van der Waals surface area contributed by atoms with E-state index in [-0.39, 0.29) is 17.5 Å². The normalized spacial score (nSPS) is 23.2. The van der Waals surface area contributed by atoms with Crippen LogP contribution in [0.5, 0.6) is 0 Å². The zero-order valence-electron chi connectivity index (χ0n) is 9.22. The largest absolute Gasteiger partial charge is 0.378 e. The molecule has 0 aromatic heterocycles. The maximum Gasteiger partial charge on any atom is 0.222 e. The van der Waals surface area contributed by atoms with Crippen molar-refractivity contribution < 1.29 is 9.53 Å². The highest BCUT2D eigenvalue weighted by atomic mass is 16.5. The third-order valence-electron chi connectivity index (χ3n) is 1.94. The molecule has 14 heavy (non-hydrogen) atoms. The van der Waals surface area contributed by atoms with Gasteiger partial charge in [0.15, 0.2) is 0 Å². The van der Waals surface area contributed by atoms with E-state index in [2.05, 4.69) is 10.6 Å². The maximum absolute atomic E-state index is 11.5. The number of hydrogen-bond acceptors (Lipinski definition) is 3. The fourth-order valence-corrected chi connectivity index (χ4v) is 1.44. The summed E-state index contributed by atoms with van der Waals surface area (Å²) in [5, 5.41) is 6.18. The van der Waals surface area contributed by atoms with Gasteiger partial charge in [0.05, 0.1) is 13.2 Å². The highest BCUT2D eigenvalue weighted by Crippen LogP contribution is 2.02. The van der Waals surface area contributed by atoms with E-state index in [4.69, 9.17) is 4.74 Å². The van der Waals surface area contributed by atoms with E-state index in [0.29, 0.717) is 13.0 Å². The Balaban J connectivity index is 2.25. The van der Waals surface area contributed by atoms with Crippen LogP contribution in [0.1, 0.15) is 27.2 Å². The van der Waals surface area contributed by atoms with Crippen molar-refractivity contribution in [2.45, 2.75) is 38.8 Å². The van der Waals surface area contributed by atoms with Gasteiger partial charge in [-0.25, -0.2) is 0 Å². The molecule has 1 aliphatic heterocycles. The van der Waals surface area contributed by atoms with Crippen molar-refractivity contribution in [1.29, 1.82) is 0 Å². The summed E-state index contributed by atoms with van der Waals surface area (Å²) in [5.41, 5.74) is -0.146. The second-order valence-electron chi connectivity index (χ2n) is 4.73. The van der Waals surface area contributed by atoms with Gasteiger partial charge in [-0.1, -0.05) is 0 Å². The molecule has 0 radical (unpaired) electrons. The standard InChI is InChI=1S/C10H20N2O2/c1-10(2,3)12-9(13)6-8-7-14-5-4-11-8/h8,11H,4-7H2,1-3H3,(H,12,13). The van der Waals surface area contributed by atoms with Gasteiger partial charge in [-0.2, -0.15) is 0 Å². The number of ether oxygens (including phenoxy) is 1. The summed E-state index contributed by atoms with van der Waals surface area (Å²) >= 11 is 0. The van der Waals surface area contributed by atoms with Crippen molar-refractivity contribution in [3.8, 4) is 0 Å². The number of hydrogen-bond donors (Lipinski definition) is 2. The highest BCUT2D eigenvalue weighted by molar-refractivity contribution is 5.77. The van der Waals surface area contributed by atoms with Crippen LogP contribution in [0, 0.1) is 0 Å². The van der Waals surface area contributed by atoms with E-state index in [1.54, 1.807) is 0 Å². The van der Waals surface area contributed by atoms with Crippen molar-refractivity contribution in [2.75, 3.05) is 19.8 Å². The maximum atomic E-state index is 11.5. The van der Waals surface area contributed by atoms with Crippen LogP contribution >= 0.6 is 0 Å². The fourth-order valence-electron chi connectivity index (χ4n) is 1.44. The van der Waals surface area contributed by atoms with Crippen LogP contribution in [0.2, 0.25) is 0 Å². The molecule has 1 amide bonds.